The predicted molar refractivity (Wildman–Crippen MR) is 204 cm³/mol. The van der Waals surface area contributed by atoms with Crippen LogP contribution in [0.15, 0.2) is 181 Å². The third-order valence-electron chi connectivity index (χ3n) is 9.06. The molecule has 0 unspecified atom stereocenters. The summed E-state index contributed by atoms with van der Waals surface area (Å²) in [5, 5.41) is 11.6. The van der Waals surface area contributed by atoms with E-state index in [0.29, 0.717) is 0 Å². The molecule has 0 aliphatic heterocycles. The standard InChI is InChI=1S/C25H14NO.C21H15N2.Ir/c1-2-6-19-16(5-1)8-9-17-13-22-20-11-10-18(23-7-3-4-12-26-23)14-24(20)27-25(22)15-21(17)19;1-3-7-17(8-4-1)18-11-13-19(14-12-18)20-15-22-23(16-20)21-9-5-2-6-10-21;/h1-9,11-15H;1-9,11-16H;/q2*-1;. The van der Waals surface area contributed by atoms with Crippen LogP contribution in [-0.4, -0.2) is 14.8 Å². The number of para-hydroxylation sites is 1. The van der Waals surface area contributed by atoms with Gasteiger partial charge in [0.1, 0.15) is 5.58 Å². The number of rotatable bonds is 4. The summed E-state index contributed by atoms with van der Waals surface area (Å²) in [6.07, 6.45) is 5.71. The number of hydrogen-bond acceptors (Lipinski definition) is 3. The maximum absolute atomic E-state index is 6.22. The fourth-order valence-electron chi connectivity index (χ4n) is 6.50. The average molecular weight is 832 g/mol. The van der Waals surface area contributed by atoms with Crippen molar-refractivity contribution < 1.29 is 24.5 Å². The third-order valence-corrected chi connectivity index (χ3v) is 9.06. The van der Waals surface area contributed by atoms with Crippen LogP contribution in [0.3, 0.4) is 0 Å². The number of furan rings is 1. The van der Waals surface area contributed by atoms with Gasteiger partial charge in [-0.3, -0.25) is 4.68 Å². The van der Waals surface area contributed by atoms with Gasteiger partial charge in [0.15, 0.2) is 0 Å². The van der Waals surface area contributed by atoms with Gasteiger partial charge in [0.2, 0.25) is 0 Å². The predicted octanol–water partition coefficient (Wildman–Crippen LogP) is 11.8. The molecule has 0 saturated heterocycles. The van der Waals surface area contributed by atoms with Gasteiger partial charge in [-0.15, -0.1) is 23.8 Å². The molecule has 10 rings (SSSR count). The Morgan fingerprint density at radius 3 is 2.06 bits per heavy atom. The van der Waals surface area contributed by atoms with E-state index in [1.54, 1.807) is 6.20 Å². The van der Waals surface area contributed by atoms with Gasteiger partial charge in [0.05, 0.1) is 11.8 Å². The second-order valence-electron chi connectivity index (χ2n) is 12.2. The molecule has 7 aromatic carbocycles. The maximum Gasteiger partial charge on any atom is 0.124 e. The fraction of sp³-hybridized carbons (Fsp3) is 0. The summed E-state index contributed by atoms with van der Waals surface area (Å²) >= 11 is 0. The van der Waals surface area contributed by atoms with Crippen LogP contribution in [0.2, 0.25) is 0 Å². The first-order valence-corrected chi connectivity index (χ1v) is 16.6. The number of nitrogens with zero attached hydrogens (tertiary/aromatic N) is 3. The zero-order chi connectivity index (χ0) is 33.3. The molecule has 0 spiro atoms. The molecule has 0 aliphatic carbocycles. The first-order valence-electron chi connectivity index (χ1n) is 16.6. The molecule has 245 valence electrons. The summed E-state index contributed by atoms with van der Waals surface area (Å²) in [6.45, 7) is 0. The zero-order valence-electron chi connectivity index (χ0n) is 27.3. The van der Waals surface area contributed by atoms with Gasteiger partial charge in [-0.2, -0.15) is 29.4 Å². The summed E-state index contributed by atoms with van der Waals surface area (Å²) < 4.78 is 8.07. The van der Waals surface area contributed by atoms with Gasteiger partial charge < -0.3 is 9.40 Å². The van der Waals surface area contributed by atoms with Crippen LogP contribution in [-0.2, 0) is 20.1 Å². The molecule has 0 atom stereocenters. The van der Waals surface area contributed by atoms with Crippen LogP contribution in [0.25, 0.3) is 82.7 Å². The molecule has 3 aromatic heterocycles. The van der Waals surface area contributed by atoms with E-state index >= 15 is 0 Å². The van der Waals surface area contributed by atoms with E-state index in [9.17, 15) is 0 Å². The van der Waals surface area contributed by atoms with Crippen molar-refractivity contribution >= 4 is 43.5 Å². The van der Waals surface area contributed by atoms with E-state index in [4.69, 9.17) is 4.42 Å². The Hall–Kier alpha value is -6.13. The van der Waals surface area contributed by atoms with Gasteiger partial charge in [-0.1, -0.05) is 121 Å². The summed E-state index contributed by atoms with van der Waals surface area (Å²) in [6, 6.07) is 60.5. The Balaban J connectivity index is 0.000000146. The smallest absolute Gasteiger partial charge is 0.124 e. The second-order valence-corrected chi connectivity index (χ2v) is 12.2. The number of aromatic nitrogens is 3. The molecule has 0 saturated carbocycles. The molecular weight excluding hydrogens is 803 g/mol. The van der Waals surface area contributed by atoms with Crippen molar-refractivity contribution in [3.8, 4) is 39.2 Å². The van der Waals surface area contributed by atoms with Crippen molar-refractivity contribution in [3.05, 3.63) is 188 Å². The van der Waals surface area contributed by atoms with Crippen LogP contribution in [0.5, 0.6) is 0 Å². The van der Waals surface area contributed by atoms with Gasteiger partial charge in [-0.25, -0.2) is 0 Å². The zero-order valence-corrected chi connectivity index (χ0v) is 29.7. The molecule has 4 nitrogen and oxygen atoms in total. The van der Waals surface area contributed by atoms with E-state index in [2.05, 4.69) is 119 Å². The average Bonchev–Trinajstić information content (AvgIpc) is 3.84. The fourth-order valence-corrected chi connectivity index (χ4v) is 6.50. The van der Waals surface area contributed by atoms with E-state index < -0.39 is 0 Å². The van der Waals surface area contributed by atoms with Gasteiger partial charge >= 0.3 is 0 Å². The Labute approximate surface area is 309 Å². The SMILES string of the molecule is [Ir].[c-]1cc2c(cc1-c1ccccn1)oc1cc3c(ccc4ccccc43)cc12.[c-]1ccccc1-n1cc(-c2ccc(-c3ccccc3)cc2)cn1. The van der Waals surface area contributed by atoms with Gasteiger partial charge in [0, 0.05) is 38.1 Å². The molecule has 51 heavy (non-hydrogen) atoms. The number of fused-ring (bicyclic) bond motifs is 6. The summed E-state index contributed by atoms with van der Waals surface area (Å²) in [7, 11) is 0. The normalized spacial score (nSPS) is 11.0. The minimum absolute atomic E-state index is 0. The van der Waals surface area contributed by atoms with Gasteiger partial charge in [0.25, 0.3) is 0 Å². The van der Waals surface area contributed by atoms with Crippen LogP contribution < -0.4 is 0 Å². The Bertz CT molecular complexity index is 2740. The molecular formula is C46H29IrN3O-2. The molecule has 0 aliphatic rings. The first kappa shape index (κ1) is 32.1. The quantitative estimate of drug-likeness (QED) is 0.131. The molecule has 3 heterocycles. The Morgan fingerprint density at radius 1 is 0.529 bits per heavy atom. The van der Waals surface area contributed by atoms with Crippen molar-refractivity contribution in [1.82, 2.24) is 14.8 Å². The third kappa shape index (κ3) is 6.37. The van der Waals surface area contributed by atoms with Crippen molar-refractivity contribution in [2.45, 2.75) is 0 Å². The van der Waals surface area contributed by atoms with Crippen LogP contribution in [0.1, 0.15) is 0 Å². The largest absolute Gasteiger partial charge is 0.476 e. The van der Waals surface area contributed by atoms with Gasteiger partial charge in [-0.05, 0) is 67.1 Å². The summed E-state index contributed by atoms with van der Waals surface area (Å²) in [5.74, 6) is 0. The molecule has 0 amide bonds. The minimum atomic E-state index is 0. The number of hydrogen-bond donors (Lipinski definition) is 0. The molecule has 0 fully saturated rings. The molecule has 10 aromatic rings. The van der Waals surface area contributed by atoms with Crippen molar-refractivity contribution in [2.75, 3.05) is 0 Å². The molecule has 0 bridgehead atoms. The molecule has 5 heteroatoms. The Morgan fingerprint density at radius 2 is 1.25 bits per heavy atom. The van der Waals surface area contributed by atoms with E-state index in [1.807, 2.05) is 77.7 Å². The van der Waals surface area contributed by atoms with Crippen LogP contribution in [0.4, 0.5) is 0 Å². The summed E-state index contributed by atoms with van der Waals surface area (Å²) in [4.78, 5) is 4.42. The number of pyridine rings is 1. The Kier molecular flexibility index (Phi) is 8.81. The van der Waals surface area contributed by atoms with E-state index in [0.717, 1.165) is 50.0 Å². The van der Waals surface area contributed by atoms with E-state index in [-0.39, 0.29) is 20.1 Å². The monoisotopic (exact) mass is 832 g/mol. The topological polar surface area (TPSA) is 43.9 Å². The number of benzene rings is 7. The summed E-state index contributed by atoms with van der Waals surface area (Å²) in [5.41, 5.74) is 9.26. The first-order chi connectivity index (χ1) is 24.8. The van der Waals surface area contributed by atoms with Crippen molar-refractivity contribution in [3.63, 3.8) is 0 Å². The molecule has 1 radical (unpaired) electrons. The maximum atomic E-state index is 6.22. The van der Waals surface area contributed by atoms with Crippen LogP contribution >= 0.6 is 0 Å². The van der Waals surface area contributed by atoms with E-state index in [1.165, 1.54) is 32.7 Å². The minimum Gasteiger partial charge on any atom is -0.476 e. The van der Waals surface area contributed by atoms with Crippen molar-refractivity contribution in [1.29, 1.82) is 0 Å². The molecule has 0 N–H and O–H groups in total. The van der Waals surface area contributed by atoms with Crippen LogP contribution in [0, 0.1) is 12.1 Å². The van der Waals surface area contributed by atoms with Crippen molar-refractivity contribution in [2.24, 2.45) is 0 Å². The second kappa shape index (κ2) is 14.0.